The van der Waals surface area contributed by atoms with Crippen LogP contribution in [0.3, 0.4) is 0 Å². The van der Waals surface area contributed by atoms with Gasteiger partial charge in [-0.05, 0) is 62.4 Å². The van der Waals surface area contributed by atoms with Crippen molar-refractivity contribution >= 4 is 11.6 Å². The highest BCUT2D eigenvalue weighted by Crippen LogP contribution is 2.30. The van der Waals surface area contributed by atoms with E-state index < -0.39 is 0 Å². The first-order valence-corrected chi connectivity index (χ1v) is 8.08. The summed E-state index contributed by atoms with van der Waals surface area (Å²) in [5.41, 5.74) is 7.87. The molecule has 1 heterocycles. The monoisotopic (exact) mass is 294 g/mol. The molecule has 1 aromatic carbocycles. The molecule has 0 saturated carbocycles. The molecule has 1 fully saturated rings. The summed E-state index contributed by atoms with van der Waals surface area (Å²) in [5, 5.41) is 0.789. The summed E-state index contributed by atoms with van der Waals surface area (Å²) in [4.78, 5) is 2.56. The summed E-state index contributed by atoms with van der Waals surface area (Å²) >= 11 is 6.21. The van der Waals surface area contributed by atoms with Gasteiger partial charge >= 0.3 is 0 Å². The largest absolute Gasteiger partial charge is 0.324 e. The van der Waals surface area contributed by atoms with Gasteiger partial charge in [0.05, 0.1) is 0 Å². The van der Waals surface area contributed by atoms with Gasteiger partial charge in [-0.3, -0.25) is 0 Å². The van der Waals surface area contributed by atoms with E-state index in [4.69, 9.17) is 17.3 Å². The SMILES string of the molecule is CC1(C)CCCN(CCC(N)c2ccccc2Cl)CC1. The van der Waals surface area contributed by atoms with Gasteiger partial charge in [-0.25, -0.2) is 0 Å². The first-order valence-electron chi connectivity index (χ1n) is 7.70. The van der Waals surface area contributed by atoms with E-state index in [9.17, 15) is 0 Å². The molecule has 0 spiro atoms. The van der Waals surface area contributed by atoms with E-state index in [1.54, 1.807) is 0 Å². The van der Waals surface area contributed by atoms with Crippen molar-refractivity contribution in [3.05, 3.63) is 34.9 Å². The summed E-state index contributed by atoms with van der Waals surface area (Å²) in [6, 6.07) is 7.97. The fraction of sp³-hybridized carbons (Fsp3) is 0.647. The van der Waals surface area contributed by atoms with E-state index >= 15 is 0 Å². The summed E-state index contributed by atoms with van der Waals surface area (Å²) < 4.78 is 0. The zero-order chi connectivity index (χ0) is 14.6. The standard InChI is InChI=1S/C17H27ClN2/c1-17(2)9-5-11-20(13-10-17)12-8-16(19)14-6-3-4-7-15(14)18/h3-4,6-7,16H,5,8-13,19H2,1-2H3. The molecule has 1 atom stereocenters. The average molecular weight is 295 g/mol. The summed E-state index contributed by atoms with van der Waals surface area (Å²) in [7, 11) is 0. The molecular weight excluding hydrogens is 268 g/mol. The van der Waals surface area contributed by atoms with Gasteiger partial charge in [-0.2, -0.15) is 0 Å². The average Bonchev–Trinajstić information content (AvgIpc) is 2.57. The minimum Gasteiger partial charge on any atom is -0.324 e. The molecule has 0 amide bonds. The lowest BCUT2D eigenvalue weighted by atomic mass is 9.85. The van der Waals surface area contributed by atoms with Crippen LogP contribution >= 0.6 is 11.6 Å². The third kappa shape index (κ3) is 4.47. The number of nitrogens with zero attached hydrogens (tertiary/aromatic N) is 1. The van der Waals surface area contributed by atoms with Gasteiger partial charge in [0.2, 0.25) is 0 Å². The van der Waals surface area contributed by atoms with Gasteiger partial charge in [0.25, 0.3) is 0 Å². The lowest BCUT2D eigenvalue weighted by molar-refractivity contribution is 0.254. The van der Waals surface area contributed by atoms with Crippen LogP contribution in [0.5, 0.6) is 0 Å². The summed E-state index contributed by atoms with van der Waals surface area (Å²) in [5.74, 6) is 0. The van der Waals surface area contributed by atoms with Crippen LogP contribution in [-0.2, 0) is 0 Å². The van der Waals surface area contributed by atoms with E-state index in [1.165, 1.54) is 32.4 Å². The molecule has 2 nitrogen and oxygen atoms in total. The topological polar surface area (TPSA) is 29.3 Å². The zero-order valence-electron chi connectivity index (χ0n) is 12.7. The Morgan fingerprint density at radius 3 is 2.75 bits per heavy atom. The van der Waals surface area contributed by atoms with Crippen LogP contribution in [0.2, 0.25) is 5.02 Å². The fourth-order valence-electron chi connectivity index (χ4n) is 2.96. The molecule has 3 heteroatoms. The number of nitrogens with two attached hydrogens (primary N) is 1. The molecule has 1 aliphatic rings. The molecule has 112 valence electrons. The van der Waals surface area contributed by atoms with Gasteiger partial charge in [-0.15, -0.1) is 0 Å². The molecule has 0 radical (unpaired) electrons. The number of hydrogen-bond acceptors (Lipinski definition) is 2. The highest BCUT2D eigenvalue weighted by atomic mass is 35.5. The van der Waals surface area contributed by atoms with E-state index in [-0.39, 0.29) is 6.04 Å². The highest BCUT2D eigenvalue weighted by Gasteiger charge is 2.23. The van der Waals surface area contributed by atoms with Crippen molar-refractivity contribution in [1.29, 1.82) is 0 Å². The van der Waals surface area contributed by atoms with Crippen LogP contribution in [0.25, 0.3) is 0 Å². The summed E-state index contributed by atoms with van der Waals surface area (Å²) in [6.45, 7) is 8.24. The molecule has 2 N–H and O–H groups in total. The number of hydrogen-bond donors (Lipinski definition) is 1. The molecule has 0 aromatic heterocycles. The fourth-order valence-corrected chi connectivity index (χ4v) is 3.23. The first-order chi connectivity index (χ1) is 9.48. The van der Waals surface area contributed by atoms with Crippen molar-refractivity contribution in [2.75, 3.05) is 19.6 Å². The Balaban J connectivity index is 1.84. The maximum atomic E-state index is 6.29. The number of benzene rings is 1. The Morgan fingerprint density at radius 1 is 1.25 bits per heavy atom. The molecule has 1 aliphatic heterocycles. The van der Waals surface area contributed by atoms with Crippen molar-refractivity contribution in [2.24, 2.45) is 11.1 Å². The van der Waals surface area contributed by atoms with Crippen molar-refractivity contribution in [1.82, 2.24) is 4.90 Å². The Morgan fingerprint density at radius 2 is 2.00 bits per heavy atom. The summed E-state index contributed by atoms with van der Waals surface area (Å²) in [6.07, 6.45) is 4.90. The van der Waals surface area contributed by atoms with Gasteiger partial charge in [-0.1, -0.05) is 43.6 Å². The Kier molecular flexibility index (Phi) is 5.48. The van der Waals surface area contributed by atoms with Crippen LogP contribution in [0, 0.1) is 5.41 Å². The van der Waals surface area contributed by atoms with Crippen molar-refractivity contribution < 1.29 is 0 Å². The molecule has 20 heavy (non-hydrogen) atoms. The second-order valence-electron chi connectivity index (χ2n) is 6.78. The first kappa shape index (κ1) is 15.8. The van der Waals surface area contributed by atoms with Crippen molar-refractivity contribution in [2.45, 2.75) is 45.6 Å². The van der Waals surface area contributed by atoms with Crippen LogP contribution in [0.4, 0.5) is 0 Å². The number of rotatable bonds is 4. The Hall–Kier alpha value is -0.570. The van der Waals surface area contributed by atoms with Gasteiger partial charge in [0, 0.05) is 11.1 Å². The quantitative estimate of drug-likeness (QED) is 0.900. The lowest BCUT2D eigenvalue weighted by Crippen LogP contribution is -2.29. The maximum absolute atomic E-state index is 6.29. The van der Waals surface area contributed by atoms with Gasteiger partial charge in [0.1, 0.15) is 0 Å². The molecule has 0 aliphatic carbocycles. The molecule has 2 rings (SSSR count). The van der Waals surface area contributed by atoms with E-state index in [2.05, 4.69) is 18.7 Å². The maximum Gasteiger partial charge on any atom is 0.0453 e. The molecule has 1 aromatic rings. The predicted molar refractivity (Wildman–Crippen MR) is 87.1 cm³/mol. The minimum atomic E-state index is 0.0416. The normalized spacial score (nSPS) is 21.4. The van der Waals surface area contributed by atoms with Crippen LogP contribution in [-0.4, -0.2) is 24.5 Å². The predicted octanol–water partition coefficient (Wildman–Crippen LogP) is 4.24. The molecule has 1 unspecified atom stereocenters. The van der Waals surface area contributed by atoms with Crippen LogP contribution < -0.4 is 5.73 Å². The highest BCUT2D eigenvalue weighted by molar-refractivity contribution is 6.31. The number of likely N-dealkylation sites (tertiary alicyclic amines) is 1. The minimum absolute atomic E-state index is 0.0416. The lowest BCUT2D eigenvalue weighted by Gasteiger charge is -2.24. The molecular formula is C17H27ClN2. The van der Waals surface area contributed by atoms with Crippen molar-refractivity contribution in [3.8, 4) is 0 Å². The molecule has 0 bridgehead atoms. The smallest absolute Gasteiger partial charge is 0.0453 e. The van der Waals surface area contributed by atoms with Crippen LogP contribution in [0.15, 0.2) is 24.3 Å². The third-order valence-electron chi connectivity index (χ3n) is 4.49. The second-order valence-corrected chi connectivity index (χ2v) is 7.18. The Labute approximate surface area is 128 Å². The van der Waals surface area contributed by atoms with E-state index in [0.29, 0.717) is 5.41 Å². The van der Waals surface area contributed by atoms with E-state index in [0.717, 1.165) is 23.6 Å². The second kappa shape index (κ2) is 6.93. The number of halogens is 1. The van der Waals surface area contributed by atoms with Gasteiger partial charge in [0.15, 0.2) is 0 Å². The molecule has 1 saturated heterocycles. The zero-order valence-corrected chi connectivity index (χ0v) is 13.5. The van der Waals surface area contributed by atoms with Crippen molar-refractivity contribution in [3.63, 3.8) is 0 Å². The van der Waals surface area contributed by atoms with Gasteiger partial charge < -0.3 is 10.6 Å². The Bertz CT molecular complexity index is 431. The third-order valence-corrected chi connectivity index (χ3v) is 4.84. The van der Waals surface area contributed by atoms with E-state index in [1.807, 2.05) is 24.3 Å². The van der Waals surface area contributed by atoms with Crippen LogP contribution in [0.1, 0.15) is 51.1 Å².